The summed E-state index contributed by atoms with van der Waals surface area (Å²) in [5.41, 5.74) is 6.33. The minimum Gasteiger partial charge on any atom is -0.465 e. The molecule has 1 rings (SSSR count). The van der Waals surface area contributed by atoms with Gasteiger partial charge in [0.15, 0.2) is 0 Å². The van der Waals surface area contributed by atoms with Gasteiger partial charge in [0.25, 0.3) is 0 Å². The number of ether oxygens (including phenoxy) is 1. The fourth-order valence-corrected chi connectivity index (χ4v) is 1.43. The van der Waals surface area contributed by atoms with Gasteiger partial charge < -0.3 is 10.5 Å². The summed E-state index contributed by atoms with van der Waals surface area (Å²) in [5, 5.41) is 0.270. The molecule has 1 aromatic carbocycles. The Bertz CT molecular complexity index is 354. The lowest BCUT2D eigenvalue weighted by molar-refractivity contribution is 0.0601. The highest BCUT2D eigenvalue weighted by molar-refractivity contribution is 9.10. The Morgan fingerprint density at radius 3 is 2.77 bits per heavy atom. The minimum absolute atomic E-state index is 0.270. The summed E-state index contributed by atoms with van der Waals surface area (Å²) in [7, 11) is 1.29. The minimum atomic E-state index is -0.481. The highest BCUT2D eigenvalue weighted by Gasteiger charge is 2.14. The van der Waals surface area contributed by atoms with Crippen LogP contribution in [0.15, 0.2) is 16.6 Å². The quantitative estimate of drug-likeness (QED) is 0.626. The number of carbonyl (C=O) groups excluding carboxylic acids is 1. The number of anilines is 1. The summed E-state index contributed by atoms with van der Waals surface area (Å²) in [6, 6.07) is 3.11. The van der Waals surface area contributed by atoms with Crippen molar-refractivity contribution in [3.05, 3.63) is 27.2 Å². The Morgan fingerprint density at radius 1 is 1.62 bits per heavy atom. The lowest BCUT2D eigenvalue weighted by atomic mass is 10.2. The summed E-state index contributed by atoms with van der Waals surface area (Å²) < 4.78 is 5.04. The first kappa shape index (κ1) is 10.3. The van der Waals surface area contributed by atoms with Crippen molar-refractivity contribution >= 4 is 39.2 Å². The molecule has 0 aliphatic rings. The van der Waals surface area contributed by atoms with E-state index in [1.54, 1.807) is 6.07 Å². The highest BCUT2D eigenvalue weighted by atomic mass is 79.9. The molecular weight excluding hydrogens is 257 g/mol. The summed E-state index contributed by atoms with van der Waals surface area (Å²) in [6.45, 7) is 0. The SMILES string of the molecule is COC(=O)c1ccc(N)c(Br)c1Cl. The van der Waals surface area contributed by atoms with E-state index in [4.69, 9.17) is 17.3 Å². The van der Waals surface area contributed by atoms with Crippen LogP contribution in [0.5, 0.6) is 0 Å². The van der Waals surface area contributed by atoms with Crippen molar-refractivity contribution in [3.8, 4) is 0 Å². The van der Waals surface area contributed by atoms with Crippen LogP contribution in [0.25, 0.3) is 0 Å². The van der Waals surface area contributed by atoms with Crippen LogP contribution in [0.1, 0.15) is 10.4 Å². The molecule has 0 fully saturated rings. The Hall–Kier alpha value is -0.740. The van der Waals surface area contributed by atoms with E-state index in [1.165, 1.54) is 13.2 Å². The molecule has 0 atom stereocenters. The van der Waals surface area contributed by atoms with Crippen LogP contribution in [0.3, 0.4) is 0 Å². The molecule has 0 aliphatic carbocycles. The maximum absolute atomic E-state index is 11.1. The maximum atomic E-state index is 11.1. The van der Waals surface area contributed by atoms with Gasteiger partial charge >= 0.3 is 5.97 Å². The number of hydrogen-bond donors (Lipinski definition) is 1. The zero-order valence-corrected chi connectivity index (χ0v) is 9.15. The molecule has 0 spiro atoms. The average Bonchev–Trinajstić information content (AvgIpc) is 2.13. The molecule has 0 saturated carbocycles. The number of nitrogen functional groups attached to an aromatic ring is 1. The van der Waals surface area contributed by atoms with E-state index in [2.05, 4.69) is 20.7 Å². The van der Waals surface area contributed by atoms with E-state index in [0.29, 0.717) is 15.7 Å². The van der Waals surface area contributed by atoms with Gasteiger partial charge in [-0.25, -0.2) is 4.79 Å². The number of benzene rings is 1. The lowest BCUT2D eigenvalue weighted by Gasteiger charge is -2.05. The number of rotatable bonds is 1. The van der Waals surface area contributed by atoms with Crippen LogP contribution in [0, 0.1) is 0 Å². The first-order valence-electron chi connectivity index (χ1n) is 3.39. The monoisotopic (exact) mass is 263 g/mol. The third kappa shape index (κ3) is 1.95. The maximum Gasteiger partial charge on any atom is 0.339 e. The van der Waals surface area contributed by atoms with Gasteiger partial charge in [0.2, 0.25) is 0 Å². The predicted octanol–water partition coefficient (Wildman–Crippen LogP) is 2.47. The first-order chi connectivity index (χ1) is 6.07. The molecule has 1 aromatic rings. The third-order valence-electron chi connectivity index (χ3n) is 1.52. The van der Waals surface area contributed by atoms with Crippen molar-refractivity contribution in [1.29, 1.82) is 0 Å². The fraction of sp³-hybridized carbons (Fsp3) is 0.125. The molecule has 70 valence electrons. The van der Waals surface area contributed by atoms with Crippen molar-refractivity contribution in [3.63, 3.8) is 0 Å². The number of nitrogens with two attached hydrogens (primary N) is 1. The smallest absolute Gasteiger partial charge is 0.339 e. The van der Waals surface area contributed by atoms with Crippen molar-refractivity contribution in [2.45, 2.75) is 0 Å². The van der Waals surface area contributed by atoms with Gasteiger partial charge in [-0.15, -0.1) is 0 Å². The van der Waals surface area contributed by atoms with Crippen LogP contribution in [0.4, 0.5) is 5.69 Å². The van der Waals surface area contributed by atoms with Crippen LogP contribution in [0.2, 0.25) is 5.02 Å². The largest absolute Gasteiger partial charge is 0.465 e. The van der Waals surface area contributed by atoms with Gasteiger partial charge in [-0.05, 0) is 28.1 Å². The number of esters is 1. The van der Waals surface area contributed by atoms with E-state index < -0.39 is 5.97 Å². The zero-order valence-electron chi connectivity index (χ0n) is 6.80. The lowest BCUT2D eigenvalue weighted by Crippen LogP contribution is -2.03. The van der Waals surface area contributed by atoms with Crippen molar-refractivity contribution in [2.24, 2.45) is 0 Å². The molecule has 0 unspecified atom stereocenters. The Balaban J connectivity index is 3.26. The molecular formula is C8H7BrClNO2. The Labute approximate surface area is 88.9 Å². The van der Waals surface area contributed by atoms with Gasteiger partial charge in [-0.3, -0.25) is 0 Å². The van der Waals surface area contributed by atoms with E-state index in [0.717, 1.165) is 0 Å². The number of halogens is 2. The molecule has 0 heterocycles. The number of carbonyl (C=O) groups is 1. The predicted molar refractivity (Wildman–Crippen MR) is 54.9 cm³/mol. The highest BCUT2D eigenvalue weighted by Crippen LogP contribution is 2.31. The second-order valence-electron chi connectivity index (χ2n) is 2.32. The zero-order chi connectivity index (χ0) is 10.0. The van der Waals surface area contributed by atoms with E-state index >= 15 is 0 Å². The van der Waals surface area contributed by atoms with Crippen LogP contribution in [-0.4, -0.2) is 13.1 Å². The second kappa shape index (κ2) is 3.98. The third-order valence-corrected chi connectivity index (χ3v) is 2.99. The second-order valence-corrected chi connectivity index (χ2v) is 3.49. The number of methoxy groups -OCH3 is 1. The molecule has 0 saturated heterocycles. The van der Waals surface area contributed by atoms with Gasteiger partial charge in [0, 0.05) is 5.69 Å². The van der Waals surface area contributed by atoms with Gasteiger partial charge in [0.1, 0.15) is 0 Å². The summed E-state index contributed by atoms with van der Waals surface area (Å²) in [6.07, 6.45) is 0. The van der Waals surface area contributed by atoms with Crippen molar-refractivity contribution in [2.75, 3.05) is 12.8 Å². The van der Waals surface area contributed by atoms with Crippen LogP contribution in [-0.2, 0) is 4.74 Å². The normalized spacial score (nSPS) is 9.77. The van der Waals surface area contributed by atoms with Crippen molar-refractivity contribution in [1.82, 2.24) is 0 Å². The van der Waals surface area contributed by atoms with E-state index in [-0.39, 0.29) is 5.02 Å². The van der Waals surface area contributed by atoms with Crippen molar-refractivity contribution < 1.29 is 9.53 Å². The molecule has 5 heteroatoms. The fourth-order valence-electron chi connectivity index (χ4n) is 0.832. The van der Waals surface area contributed by atoms with Gasteiger partial charge in [-0.1, -0.05) is 11.6 Å². The molecule has 0 bridgehead atoms. The first-order valence-corrected chi connectivity index (χ1v) is 4.56. The standard InChI is InChI=1S/C8H7BrClNO2/c1-13-8(12)4-2-3-5(11)6(9)7(4)10/h2-3H,11H2,1H3. The molecule has 0 amide bonds. The molecule has 0 aromatic heterocycles. The molecule has 3 nitrogen and oxygen atoms in total. The average molecular weight is 265 g/mol. The van der Waals surface area contributed by atoms with Gasteiger partial charge in [-0.2, -0.15) is 0 Å². The van der Waals surface area contributed by atoms with E-state index in [9.17, 15) is 4.79 Å². The summed E-state index contributed by atoms with van der Waals surface area (Å²) in [5.74, 6) is -0.481. The Morgan fingerprint density at radius 2 is 2.23 bits per heavy atom. The molecule has 2 N–H and O–H groups in total. The van der Waals surface area contributed by atoms with Crippen LogP contribution < -0.4 is 5.73 Å². The Kier molecular flexibility index (Phi) is 3.17. The van der Waals surface area contributed by atoms with Crippen LogP contribution >= 0.6 is 27.5 Å². The molecule has 0 radical (unpaired) electrons. The van der Waals surface area contributed by atoms with Gasteiger partial charge in [0.05, 0.1) is 22.2 Å². The summed E-state index contributed by atoms with van der Waals surface area (Å²) in [4.78, 5) is 11.1. The number of hydrogen-bond acceptors (Lipinski definition) is 3. The molecule has 0 aliphatic heterocycles. The topological polar surface area (TPSA) is 52.3 Å². The van der Waals surface area contributed by atoms with E-state index in [1.807, 2.05) is 0 Å². The molecule has 13 heavy (non-hydrogen) atoms. The summed E-state index contributed by atoms with van der Waals surface area (Å²) >= 11 is 9.01.